The van der Waals surface area contributed by atoms with Crippen LogP contribution in [0.2, 0.25) is 0 Å². The van der Waals surface area contributed by atoms with Crippen LogP contribution in [0.3, 0.4) is 0 Å². The van der Waals surface area contributed by atoms with Gasteiger partial charge in [-0.2, -0.15) is 0 Å². The summed E-state index contributed by atoms with van der Waals surface area (Å²) in [6.07, 6.45) is 4.10. The van der Waals surface area contributed by atoms with Crippen LogP contribution in [0.15, 0.2) is 60.7 Å². The first-order chi connectivity index (χ1) is 14.2. The van der Waals surface area contributed by atoms with Crippen molar-refractivity contribution in [3.05, 3.63) is 72.0 Å². The van der Waals surface area contributed by atoms with Crippen molar-refractivity contribution in [1.82, 2.24) is 0 Å². The van der Waals surface area contributed by atoms with Crippen molar-refractivity contribution in [3.8, 4) is 5.75 Å². The summed E-state index contributed by atoms with van der Waals surface area (Å²) >= 11 is 0. The van der Waals surface area contributed by atoms with Gasteiger partial charge in [-0.25, -0.2) is 4.39 Å². The number of hydrogen-bond acceptors (Lipinski definition) is 2. The van der Waals surface area contributed by atoms with Crippen molar-refractivity contribution in [2.45, 2.75) is 44.4 Å². The number of fused-ring (bicyclic) bond motifs is 1. The molecule has 4 rings (SSSR count). The van der Waals surface area contributed by atoms with Crippen LogP contribution >= 0.6 is 0 Å². The fourth-order valence-corrected chi connectivity index (χ4v) is 4.41. The van der Waals surface area contributed by atoms with Crippen molar-refractivity contribution in [3.63, 3.8) is 0 Å². The van der Waals surface area contributed by atoms with Crippen LogP contribution in [0.25, 0.3) is 10.8 Å². The standard InChI is InChI=1S/C25H26FNO2/c1-2-17-29-23-14-13-22(18-9-3-4-10-19(18)23)27-24(28)25(15-7-8-16-25)20-11-5-6-12-21(20)26/h3-6,9-14H,2,7-8,15-17H2,1H3,(H,27,28). The maximum absolute atomic E-state index is 14.6. The molecule has 0 heterocycles. The molecule has 150 valence electrons. The molecule has 0 aromatic heterocycles. The Bertz CT molecular complexity index is 1020. The van der Waals surface area contributed by atoms with E-state index in [4.69, 9.17) is 4.74 Å². The fourth-order valence-electron chi connectivity index (χ4n) is 4.41. The first-order valence-corrected chi connectivity index (χ1v) is 10.4. The Morgan fingerprint density at radius 2 is 1.69 bits per heavy atom. The summed E-state index contributed by atoms with van der Waals surface area (Å²) in [7, 11) is 0. The molecule has 1 N–H and O–H groups in total. The zero-order valence-corrected chi connectivity index (χ0v) is 16.7. The Labute approximate surface area is 170 Å². The van der Waals surface area contributed by atoms with Gasteiger partial charge in [-0.05, 0) is 37.5 Å². The van der Waals surface area contributed by atoms with Gasteiger partial charge < -0.3 is 10.1 Å². The Balaban J connectivity index is 1.71. The summed E-state index contributed by atoms with van der Waals surface area (Å²) in [5.41, 5.74) is 0.420. The Morgan fingerprint density at radius 1 is 1.00 bits per heavy atom. The monoisotopic (exact) mass is 391 g/mol. The lowest BCUT2D eigenvalue weighted by atomic mass is 9.77. The van der Waals surface area contributed by atoms with Gasteiger partial charge >= 0.3 is 0 Å². The van der Waals surface area contributed by atoms with Gasteiger partial charge in [-0.15, -0.1) is 0 Å². The normalized spacial score (nSPS) is 15.4. The highest BCUT2D eigenvalue weighted by atomic mass is 19.1. The van der Waals surface area contributed by atoms with E-state index in [1.807, 2.05) is 36.4 Å². The first-order valence-electron chi connectivity index (χ1n) is 10.4. The third-order valence-electron chi connectivity index (χ3n) is 5.88. The van der Waals surface area contributed by atoms with E-state index in [9.17, 15) is 9.18 Å². The zero-order chi connectivity index (χ0) is 20.3. The number of nitrogens with one attached hydrogen (secondary N) is 1. The summed E-state index contributed by atoms with van der Waals surface area (Å²) in [6.45, 7) is 2.71. The molecule has 1 aliphatic carbocycles. The summed E-state index contributed by atoms with van der Waals surface area (Å²) in [5.74, 6) is 0.371. The van der Waals surface area contributed by atoms with Gasteiger partial charge in [0.05, 0.1) is 12.0 Å². The number of rotatable bonds is 6. The van der Waals surface area contributed by atoms with Gasteiger partial charge in [0, 0.05) is 22.0 Å². The molecular weight excluding hydrogens is 365 g/mol. The van der Waals surface area contributed by atoms with Gasteiger partial charge in [0.1, 0.15) is 11.6 Å². The minimum absolute atomic E-state index is 0.132. The highest BCUT2D eigenvalue weighted by Crippen LogP contribution is 2.43. The summed E-state index contributed by atoms with van der Waals surface area (Å²) < 4.78 is 20.5. The Morgan fingerprint density at radius 3 is 2.41 bits per heavy atom. The van der Waals surface area contributed by atoms with E-state index in [-0.39, 0.29) is 11.7 Å². The van der Waals surface area contributed by atoms with Crippen molar-refractivity contribution < 1.29 is 13.9 Å². The summed E-state index contributed by atoms with van der Waals surface area (Å²) in [5, 5.41) is 5.01. The van der Waals surface area contributed by atoms with E-state index in [0.29, 0.717) is 25.0 Å². The van der Waals surface area contributed by atoms with E-state index in [2.05, 4.69) is 12.2 Å². The molecule has 0 bridgehead atoms. The molecule has 1 aliphatic rings. The second-order valence-corrected chi connectivity index (χ2v) is 7.73. The molecule has 0 spiro atoms. The number of benzene rings is 3. The lowest BCUT2D eigenvalue weighted by molar-refractivity contribution is -0.121. The number of amides is 1. The van der Waals surface area contributed by atoms with Crippen LogP contribution in [-0.2, 0) is 10.2 Å². The zero-order valence-electron chi connectivity index (χ0n) is 16.7. The Kier molecular flexibility index (Phi) is 5.52. The molecule has 3 aromatic rings. The Hall–Kier alpha value is -2.88. The number of carbonyl (C=O) groups is 1. The third kappa shape index (κ3) is 3.59. The van der Waals surface area contributed by atoms with E-state index in [0.717, 1.165) is 41.5 Å². The molecule has 1 fully saturated rings. The number of ether oxygens (including phenoxy) is 1. The number of carbonyl (C=O) groups excluding carboxylic acids is 1. The molecule has 0 aliphatic heterocycles. The summed E-state index contributed by atoms with van der Waals surface area (Å²) in [6, 6.07) is 18.3. The van der Waals surface area contributed by atoms with Gasteiger partial charge in [0.2, 0.25) is 5.91 Å². The second kappa shape index (κ2) is 8.24. The molecule has 4 heteroatoms. The van der Waals surface area contributed by atoms with Crippen LogP contribution in [0, 0.1) is 5.82 Å². The fraction of sp³-hybridized carbons (Fsp3) is 0.320. The minimum Gasteiger partial charge on any atom is -0.493 e. The van der Waals surface area contributed by atoms with E-state index >= 15 is 0 Å². The van der Waals surface area contributed by atoms with Crippen LogP contribution in [0.5, 0.6) is 5.75 Å². The van der Waals surface area contributed by atoms with Crippen LogP contribution < -0.4 is 10.1 Å². The molecule has 3 aromatic carbocycles. The molecular formula is C25H26FNO2. The van der Waals surface area contributed by atoms with Gasteiger partial charge in [0.25, 0.3) is 0 Å². The smallest absolute Gasteiger partial charge is 0.235 e. The highest BCUT2D eigenvalue weighted by molar-refractivity contribution is 6.07. The third-order valence-corrected chi connectivity index (χ3v) is 5.88. The predicted molar refractivity (Wildman–Crippen MR) is 115 cm³/mol. The number of anilines is 1. The minimum atomic E-state index is -0.816. The largest absolute Gasteiger partial charge is 0.493 e. The first kappa shape index (κ1) is 19.4. The summed E-state index contributed by atoms with van der Waals surface area (Å²) in [4.78, 5) is 13.5. The SMILES string of the molecule is CCCOc1ccc(NC(=O)C2(c3ccccc3F)CCCC2)c2ccccc12. The predicted octanol–water partition coefficient (Wildman–Crippen LogP) is 6.22. The van der Waals surface area contributed by atoms with Crippen molar-refractivity contribution in [1.29, 1.82) is 0 Å². The quantitative estimate of drug-likeness (QED) is 0.542. The molecule has 1 amide bonds. The van der Waals surface area contributed by atoms with Gasteiger partial charge in [-0.3, -0.25) is 4.79 Å². The van der Waals surface area contributed by atoms with Gasteiger partial charge in [0.15, 0.2) is 0 Å². The molecule has 0 radical (unpaired) electrons. The van der Waals surface area contributed by atoms with Crippen molar-refractivity contribution in [2.24, 2.45) is 0 Å². The van der Waals surface area contributed by atoms with Crippen molar-refractivity contribution in [2.75, 3.05) is 11.9 Å². The lowest BCUT2D eigenvalue weighted by Crippen LogP contribution is -2.38. The molecule has 0 unspecified atom stereocenters. The highest BCUT2D eigenvalue weighted by Gasteiger charge is 2.44. The molecule has 0 atom stereocenters. The van der Waals surface area contributed by atoms with Crippen molar-refractivity contribution >= 4 is 22.4 Å². The molecule has 1 saturated carbocycles. The topological polar surface area (TPSA) is 38.3 Å². The number of hydrogen-bond donors (Lipinski definition) is 1. The van der Waals surface area contributed by atoms with Crippen LogP contribution in [0.4, 0.5) is 10.1 Å². The van der Waals surface area contributed by atoms with Crippen LogP contribution in [0.1, 0.15) is 44.6 Å². The average molecular weight is 391 g/mol. The van der Waals surface area contributed by atoms with E-state index in [1.54, 1.807) is 18.2 Å². The van der Waals surface area contributed by atoms with E-state index < -0.39 is 5.41 Å². The maximum atomic E-state index is 14.6. The van der Waals surface area contributed by atoms with Gasteiger partial charge in [-0.1, -0.05) is 62.2 Å². The molecule has 3 nitrogen and oxygen atoms in total. The number of halogens is 1. The average Bonchev–Trinajstić information content (AvgIpc) is 3.24. The van der Waals surface area contributed by atoms with Crippen LogP contribution in [-0.4, -0.2) is 12.5 Å². The maximum Gasteiger partial charge on any atom is 0.235 e. The van der Waals surface area contributed by atoms with E-state index in [1.165, 1.54) is 6.07 Å². The lowest BCUT2D eigenvalue weighted by Gasteiger charge is -2.29. The molecule has 29 heavy (non-hydrogen) atoms. The second-order valence-electron chi connectivity index (χ2n) is 7.73. The molecule has 0 saturated heterocycles.